The Morgan fingerprint density at radius 1 is 1.05 bits per heavy atom. The summed E-state index contributed by atoms with van der Waals surface area (Å²) in [6.45, 7) is 4.91. The Morgan fingerprint density at radius 3 is 2.64 bits per heavy atom. The summed E-state index contributed by atoms with van der Waals surface area (Å²) in [5, 5.41) is 5.23. The van der Waals surface area contributed by atoms with E-state index >= 15 is 0 Å². The van der Waals surface area contributed by atoms with E-state index in [4.69, 9.17) is 19.6 Å². The molecule has 1 heterocycles. The second-order valence-electron chi connectivity index (χ2n) is 9.87. The minimum atomic E-state index is -0.166. The lowest BCUT2D eigenvalue weighted by molar-refractivity contribution is 0.267. The molecule has 0 atom stereocenters. The molecule has 1 aliphatic carbocycles. The van der Waals surface area contributed by atoms with Gasteiger partial charge < -0.3 is 9.47 Å². The molecule has 0 aliphatic heterocycles. The topological polar surface area (TPSA) is 65.7 Å². The van der Waals surface area contributed by atoms with Crippen LogP contribution in [0.4, 0.5) is 0 Å². The largest absolute Gasteiger partial charge is 0.490 e. The fraction of sp³-hybridized carbons (Fsp3) is 0.323. The molecular formula is C31H31Br2N3O3. The molecule has 1 aromatic heterocycles. The summed E-state index contributed by atoms with van der Waals surface area (Å²) in [6, 6.07) is 17.7. The molecule has 0 amide bonds. The standard InChI is InChI=1S/C31H31Br2N3O3/c1-3-38-28-16-22(15-26(33)29(28)39-19-21-9-7-8-20(2)14-21)18-34-36-30(23-10-5-4-6-11-23)35-27-13-12-24(32)17-25(27)31(36)37/h7-9,12-18,23H,3-6,10-11,19H2,1-2H3. The molecule has 0 spiro atoms. The first-order valence-corrected chi connectivity index (χ1v) is 14.9. The lowest BCUT2D eigenvalue weighted by Gasteiger charge is -2.22. The van der Waals surface area contributed by atoms with Gasteiger partial charge in [-0.15, -0.1) is 0 Å². The van der Waals surface area contributed by atoms with Crippen LogP contribution in [0.3, 0.4) is 0 Å². The Kier molecular flexibility index (Phi) is 8.82. The normalized spacial score (nSPS) is 14.3. The zero-order valence-corrected chi connectivity index (χ0v) is 25.3. The third-order valence-electron chi connectivity index (χ3n) is 6.92. The van der Waals surface area contributed by atoms with E-state index in [-0.39, 0.29) is 11.5 Å². The zero-order chi connectivity index (χ0) is 27.4. The summed E-state index contributed by atoms with van der Waals surface area (Å²) in [7, 11) is 0. The number of aromatic nitrogens is 2. The van der Waals surface area contributed by atoms with E-state index in [9.17, 15) is 4.79 Å². The average molecular weight is 653 g/mol. The minimum Gasteiger partial charge on any atom is -0.490 e. The smallest absolute Gasteiger partial charge is 0.282 e. The molecule has 202 valence electrons. The van der Waals surface area contributed by atoms with Crippen LogP contribution in [0.1, 0.15) is 67.5 Å². The summed E-state index contributed by atoms with van der Waals surface area (Å²) in [4.78, 5) is 18.6. The first-order valence-electron chi connectivity index (χ1n) is 13.3. The van der Waals surface area contributed by atoms with Crippen molar-refractivity contribution in [3.8, 4) is 11.5 Å². The summed E-state index contributed by atoms with van der Waals surface area (Å²) in [5.41, 5.74) is 3.58. The Balaban J connectivity index is 1.51. The third-order valence-corrected chi connectivity index (χ3v) is 8.01. The van der Waals surface area contributed by atoms with Crippen molar-refractivity contribution in [3.63, 3.8) is 0 Å². The van der Waals surface area contributed by atoms with Gasteiger partial charge in [0.2, 0.25) is 0 Å². The van der Waals surface area contributed by atoms with Crippen molar-refractivity contribution in [1.82, 2.24) is 9.66 Å². The first-order chi connectivity index (χ1) is 18.9. The van der Waals surface area contributed by atoms with Gasteiger partial charge in [-0.1, -0.05) is 65.0 Å². The van der Waals surface area contributed by atoms with Gasteiger partial charge in [-0.05, 0) is 84.1 Å². The molecule has 0 unspecified atom stereocenters. The SMILES string of the molecule is CCOc1cc(C=Nn2c(C3CCCCC3)nc3ccc(Br)cc3c2=O)cc(Br)c1OCc1cccc(C)c1. The van der Waals surface area contributed by atoms with Gasteiger partial charge in [0.05, 0.1) is 28.2 Å². The molecule has 1 saturated carbocycles. The van der Waals surface area contributed by atoms with Gasteiger partial charge in [0.25, 0.3) is 5.56 Å². The summed E-state index contributed by atoms with van der Waals surface area (Å²) < 4.78 is 15.2. The molecule has 0 N–H and O–H groups in total. The van der Waals surface area contributed by atoms with E-state index in [0.29, 0.717) is 35.6 Å². The molecule has 4 aromatic rings. The van der Waals surface area contributed by atoms with Crippen LogP contribution in [0.25, 0.3) is 10.9 Å². The van der Waals surface area contributed by atoms with Crippen LogP contribution < -0.4 is 15.0 Å². The highest BCUT2D eigenvalue weighted by atomic mass is 79.9. The fourth-order valence-corrected chi connectivity index (χ4v) is 5.99. The zero-order valence-electron chi connectivity index (χ0n) is 22.1. The second kappa shape index (κ2) is 12.5. The van der Waals surface area contributed by atoms with Crippen molar-refractivity contribution in [1.29, 1.82) is 0 Å². The summed E-state index contributed by atoms with van der Waals surface area (Å²) >= 11 is 7.15. The third kappa shape index (κ3) is 6.44. The number of benzene rings is 3. The van der Waals surface area contributed by atoms with Crippen LogP contribution in [0.15, 0.2) is 73.4 Å². The van der Waals surface area contributed by atoms with Crippen LogP contribution in [0, 0.1) is 6.92 Å². The molecule has 39 heavy (non-hydrogen) atoms. The number of nitrogens with zero attached hydrogens (tertiary/aromatic N) is 3. The Bertz CT molecular complexity index is 1580. The fourth-order valence-electron chi connectivity index (χ4n) is 5.05. The molecule has 6 nitrogen and oxygen atoms in total. The van der Waals surface area contributed by atoms with Gasteiger partial charge in [-0.25, -0.2) is 4.98 Å². The molecule has 0 saturated heterocycles. The van der Waals surface area contributed by atoms with Crippen molar-refractivity contribution < 1.29 is 9.47 Å². The van der Waals surface area contributed by atoms with E-state index < -0.39 is 0 Å². The Labute approximate surface area is 245 Å². The van der Waals surface area contributed by atoms with E-state index in [1.54, 1.807) is 6.21 Å². The van der Waals surface area contributed by atoms with Crippen LogP contribution in [-0.2, 0) is 6.61 Å². The quantitative estimate of drug-likeness (QED) is 0.180. The van der Waals surface area contributed by atoms with Crippen molar-refractivity contribution in [3.05, 3.63) is 96.4 Å². The van der Waals surface area contributed by atoms with Crippen LogP contribution in [0.5, 0.6) is 11.5 Å². The Hall–Kier alpha value is -2.97. The lowest BCUT2D eigenvalue weighted by Crippen LogP contribution is -2.25. The molecule has 0 radical (unpaired) electrons. The van der Waals surface area contributed by atoms with Crippen LogP contribution in [-0.4, -0.2) is 22.5 Å². The highest BCUT2D eigenvalue weighted by molar-refractivity contribution is 9.10. The lowest BCUT2D eigenvalue weighted by atomic mass is 9.88. The predicted molar refractivity (Wildman–Crippen MR) is 163 cm³/mol. The number of hydrogen-bond acceptors (Lipinski definition) is 5. The molecule has 8 heteroatoms. The number of hydrogen-bond donors (Lipinski definition) is 0. The number of fused-ring (bicyclic) bond motifs is 1. The molecule has 0 bridgehead atoms. The summed E-state index contributed by atoms with van der Waals surface area (Å²) in [6.07, 6.45) is 7.20. The molecule has 3 aromatic carbocycles. The highest BCUT2D eigenvalue weighted by Crippen LogP contribution is 2.37. The maximum atomic E-state index is 13.6. The number of halogens is 2. The van der Waals surface area contributed by atoms with Gasteiger partial charge in [0.15, 0.2) is 11.5 Å². The van der Waals surface area contributed by atoms with Gasteiger partial charge >= 0.3 is 0 Å². The maximum Gasteiger partial charge on any atom is 0.282 e. The minimum absolute atomic E-state index is 0.166. The maximum absolute atomic E-state index is 13.6. The molecule has 1 aliphatic rings. The van der Waals surface area contributed by atoms with Crippen molar-refractivity contribution in [2.24, 2.45) is 5.10 Å². The van der Waals surface area contributed by atoms with Crippen molar-refractivity contribution in [2.45, 2.75) is 58.5 Å². The second-order valence-corrected chi connectivity index (χ2v) is 11.6. The number of aryl methyl sites for hydroxylation is 1. The molecule has 1 fully saturated rings. The molecule has 5 rings (SSSR count). The van der Waals surface area contributed by atoms with E-state index in [1.807, 2.05) is 49.4 Å². The van der Waals surface area contributed by atoms with E-state index in [0.717, 1.165) is 51.6 Å². The number of rotatable bonds is 8. The van der Waals surface area contributed by atoms with E-state index in [2.05, 4.69) is 50.9 Å². The average Bonchev–Trinajstić information content (AvgIpc) is 2.93. The summed E-state index contributed by atoms with van der Waals surface area (Å²) in [5.74, 6) is 2.18. The first kappa shape index (κ1) is 27.6. The van der Waals surface area contributed by atoms with Gasteiger partial charge in [0.1, 0.15) is 12.4 Å². The van der Waals surface area contributed by atoms with E-state index in [1.165, 1.54) is 16.7 Å². The van der Waals surface area contributed by atoms with Crippen molar-refractivity contribution >= 4 is 49.0 Å². The van der Waals surface area contributed by atoms with Crippen LogP contribution >= 0.6 is 31.9 Å². The van der Waals surface area contributed by atoms with Crippen molar-refractivity contribution in [2.75, 3.05) is 6.61 Å². The van der Waals surface area contributed by atoms with Gasteiger partial charge in [-0.2, -0.15) is 9.78 Å². The number of ether oxygens (including phenoxy) is 2. The van der Waals surface area contributed by atoms with Gasteiger partial charge in [0, 0.05) is 10.4 Å². The van der Waals surface area contributed by atoms with Gasteiger partial charge in [-0.3, -0.25) is 4.79 Å². The Morgan fingerprint density at radius 2 is 1.87 bits per heavy atom. The molecular weight excluding hydrogens is 622 g/mol. The predicted octanol–water partition coefficient (Wildman–Crippen LogP) is 8.14. The highest BCUT2D eigenvalue weighted by Gasteiger charge is 2.22. The monoisotopic (exact) mass is 651 g/mol. The van der Waals surface area contributed by atoms with Crippen LogP contribution in [0.2, 0.25) is 0 Å².